The first kappa shape index (κ1) is 16.4. The SMILES string of the molecule is CS(=O)(=O)CS(=O)(=O)N(CCCl)Cc1ccccc1. The third kappa shape index (κ3) is 5.90. The summed E-state index contributed by atoms with van der Waals surface area (Å²) < 4.78 is 47.5. The first-order valence-electron chi connectivity index (χ1n) is 5.50. The molecule has 108 valence electrons. The van der Waals surface area contributed by atoms with Gasteiger partial charge in [0.05, 0.1) is 0 Å². The van der Waals surface area contributed by atoms with Gasteiger partial charge in [-0.2, -0.15) is 4.31 Å². The highest BCUT2D eigenvalue weighted by atomic mass is 35.5. The number of nitrogens with zero attached hydrogens (tertiary/aromatic N) is 1. The average molecular weight is 326 g/mol. The van der Waals surface area contributed by atoms with E-state index in [2.05, 4.69) is 0 Å². The second-order valence-corrected chi connectivity index (χ2v) is 9.02. The van der Waals surface area contributed by atoms with E-state index in [1.54, 1.807) is 24.3 Å². The molecular weight excluding hydrogens is 310 g/mol. The molecule has 0 atom stereocenters. The number of sulfonamides is 1. The Kier molecular flexibility index (Phi) is 5.79. The Labute approximate surface area is 119 Å². The van der Waals surface area contributed by atoms with E-state index in [1.807, 2.05) is 6.07 Å². The Bertz CT molecular complexity index is 599. The first-order chi connectivity index (χ1) is 8.74. The average Bonchev–Trinajstić information content (AvgIpc) is 2.26. The zero-order chi connectivity index (χ0) is 14.5. The molecule has 0 bridgehead atoms. The van der Waals surface area contributed by atoms with E-state index in [-0.39, 0.29) is 19.0 Å². The van der Waals surface area contributed by atoms with Gasteiger partial charge in [-0.3, -0.25) is 0 Å². The van der Waals surface area contributed by atoms with Crippen molar-refractivity contribution in [3.05, 3.63) is 35.9 Å². The zero-order valence-electron chi connectivity index (χ0n) is 10.5. The third-order valence-corrected chi connectivity index (χ3v) is 6.46. The number of benzene rings is 1. The van der Waals surface area contributed by atoms with Crippen molar-refractivity contribution in [3.63, 3.8) is 0 Å². The number of rotatable bonds is 7. The van der Waals surface area contributed by atoms with Gasteiger partial charge < -0.3 is 0 Å². The van der Waals surface area contributed by atoms with E-state index in [0.717, 1.165) is 16.1 Å². The molecule has 5 nitrogen and oxygen atoms in total. The Balaban J connectivity index is 2.94. The highest BCUT2D eigenvalue weighted by molar-refractivity contribution is 8.06. The van der Waals surface area contributed by atoms with Crippen LogP contribution in [0.3, 0.4) is 0 Å². The van der Waals surface area contributed by atoms with E-state index < -0.39 is 24.9 Å². The number of halogens is 1. The molecule has 0 spiro atoms. The molecule has 0 heterocycles. The summed E-state index contributed by atoms with van der Waals surface area (Å²) in [4.78, 5) is 0. The van der Waals surface area contributed by atoms with Crippen molar-refractivity contribution in [2.45, 2.75) is 6.54 Å². The van der Waals surface area contributed by atoms with Gasteiger partial charge in [0.15, 0.2) is 14.9 Å². The van der Waals surface area contributed by atoms with Crippen molar-refractivity contribution in [3.8, 4) is 0 Å². The third-order valence-electron chi connectivity index (χ3n) is 2.29. The molecule has 0 N–H and O–H groups in total. The van der Waals surface area contributed by atoms with Crippen molar-refractivity contribution in [2.75, 3.05) is 23.8 Å². The summed E-state index contributed by atoms with van der Waals surface area (Å²) in [7, 11) is -7.49. The molecule has 0 amide bonds. The normalized spacial score (nSPS) is 12.8. The molecule has 0 fully saturated rings. The van der Waals surface area contributed by atoms with E-state index in [0.29, 0.717) is 0 Å². The topological polar surface area (TPSA) is 71.5 Å². The summed E-state index contributed by atoms with van der Waals surface area (Å²) in [5.41, 5.74) is 0.782. The van der Waals surface area contributed by atoms with Gasteiger partial charge in [-0.05, 0) is 5.56 Å². The van der Waals surface area contributed by atoms with Gasteiger partial charge in [-0.25, -0.2) is 16.8 Å². The van der Waals surface area contributed by atoms with Crippen LogP contribution in [0.2, 0.25) is 0 Å². The van der Waals surface area contributed by atoms with Crippen molar-refractivity contribution in [1.29, 1.82) is 0 Å². The van der Waals surface area contributed by atoms with E-state index >= 15 is 0 Å². The number of hydrogen-bond acceptors (Lipinski definition) is 4. The van der Waals surface area contributed by atoms with Crippen LogP contribution in [0.5, 0.6) is 0 Å². The van der Waals surface area contributed by atoms with Gasteiger partial charge in [-0.1, -0.05) is 30.3 Å². The minimum Gasteiger partial charge on any atom is -0.228 e. The second-order valence-electron chi connectivity index (χ2n) is 4.16. The number of hydrogen-bond donors (Lipinski definition) is 0. The largest absolute Gasteiger partial charge is 0.228 e. The standard InChI is InChI=1S/C11H16ClNO4S2/c1-18(14,15)10-19(16,17)13(8-7-12)9-11-5-3-2-4-6-11/h2-6H,7-10H2,1H3. The van der Waals surface area contributed by atoms with Crippen LogP contribution >= 0.6 is 11.6 Å². The lowest BCUT2D eigenvalue weighted by molar-refractivity contribution is 0.428. The van der Waals surface area contributed by atoms with E-state index in [4.69, 9.17) is 11.6 Å². The summed E-state index contributed by atoms with van der Waals surface area (Å²) in [6.07, 6.45) is 0.895. The quantitative estimate of drug-likeness (QED) is 0.703. The summed E-state index contributed by atoms with van der Waals surface area (Å²) in [5.74, 6) is 0.107. The predicted octanol–water partition coefficient (Wildman–Crippen LogP) is 1.06. The molecule has 1 aromatic carbocycles. The van der Waals surface area contributed by atoms with Crippen LogP contribution in [0.1, 0.15) is 5.56 Å². The lowest BCUT2D eigenvalue weighted by atomic mass is 10.2. The molecular formula is C11H16ClNO4S2. The molecule has 0 radical (unpaired) electrons. The Morgan fingerprint density at radius 1 is 1.11 bits per heavy atom. The zero-order valence-corrected chi connectivity index (χ0v) is 12.9. The highest BCUT2D eigenvalue weighted by Crippen LogP contribution is 2.11. The van der Waals surface area contributed by atoms with Crippen LogP contribution in [0.25, 0.3) is 0 Å². The molecule has 1 aromatic rings. The molecule has 1 rings (SSSR count). The molecule has 0 aromatic heterocycles. The Morgan fingerprint density at radius 3 is 2.16 bits per heavy atom. The van der Waals surface area contributed by atoms with E-state index in [9.17, 15) is 16.8 Å². The lowest BCUT2D eigenvalue weighted by Crippen LogP contribution is -2.36. The molecule has 0 aliphatic rings. The van der Waals surface area contributed by atoms with Gasteiger partial charge in [-0.15, -0.1) is 11.6 Å². The highest BCUT2D eigenvalue weighted by Gasteiger charge is 2.26. The second kappa shape index (κ2) is 6.69. The van der Waals surface area contributed by atoms with Gasteiger partial charge in [0.1, 0.15) is 0 Å². The van der Waals surface area contributed by atoms with Gasteiger partial charge in [0.25, 0.3) is 0 Å². The molecule has 0 aliphatic carbocycles. The first-order valence-corrected chi connectivity index (χ1v) is 9.70. The van der Waals surface area contributed by atoms with Crippen LogP contribution in [-0.4, -0.2) is 44.9 Å². The van der Waals surface area contributed by atoms with Gasteiger partial charge in [0.2, 0.25) is 10.0 Å². The molecule has 0 aliphatic heterocycles. The summed E-state index contributed by atoms with van der Waals surface area (Å²) in [5, 5.41) is -0.899. The van der Waals surface area contributed by atoms with Gasteiger partial charge >= 0.3 is 0 Å². The monoisotopic (exact) mass is 325 g/mol. The maximum Gasteiger partial charge on any atom is 0.228 e. The minimum atomic E-state index is -3.88. The fourth-order valence-electron chi connectivity index (χ4n) is 1.54. The Morgan fingerprint density at radius 2 is 1.68 bits per heavy atom. The maximum atomic E-state index is 12.0. The van der Waals surface area contributed by atoms with Crippen LogP contribution in [0, 0.1) is 0 Å². The van der Waals surface area contributed by atoms with Crippen molar-refractivity contribution in [1.82, 2.24) is 4.31 Å². The summed E-state index contributed by atoms with van der Waals surface area (Å²) in [6.45, 7) is 0.194. The molecule has 0 saturated carbocycles. The van der Waals surface area contributed by atoms with Crippen LogP contribution in [0.4, 0.5) is 0 Å². The summed E-state index contributed by atoms with van der Waals surface area (Å²) >= 11 is 5.58. The predicted molar refractivity (Wildman–Crippen MR) is 76.2 cm³/mol. The van der Waals surface area contributed by atoms with E-state index in [1.165, 1.54) is 0 Å². The molecule has 8 heteroatoms. The fourth-order valence-corrected chi connectivity index (χ4v) is 5.32. The fraction of sp³-hybridized carbons (Fsp3) is 0.455. The number of alkyl halides is 1. The van der Waals surface area contributed by atoms with Crippen LogP contribution < -0.4 is 0 Å². The Hall–Kier alpha value is -0.630. The molecule has 0 saturated heterocycles. The smallest absolute Gasteiger partial charge is 0.228 e. The summed E-state index contributed by atoms with van der Waals surface area (Å²) in [6, 6.07) is 8.95. The molecule has 0 unspecified atom stereocenters. The van der Waals surface area contributed by atoms with Crippen LogP contribution in [0.15, 0.2) is 30.3 Å². The van der Waals surface area contributed by atoms with Gasteiger partial charge in [0, 0.05) is 25.2 Å². The number of sulfone groups is 1. The molecule has 19 heavy (non-hydrogen) atoms. The minimum absolute atomic E-state index is 0.0777. The van der Waals surface area contributed by atoms with Crippen molar-refractivity contribution < 1.29 is 16.8 Å². The van der Waals surface area contributed by atoms with Crippen LogP contribution in [-0.2, 0) is 26.4 Å². The lowest BCUT2D eigenvalue weighted by Gasteiger charge is -2.20. The maximum absolute atomic E-state index is 12.0. The van der Waals surface area contributed by atoms with Crippen molar-refractivity contribution >= 4 is 31.5 Å². The van der Waals surface area contributed by atoms with Crippen molar-refractivity contribution in [2.24, 2.45) is 0 Å².